The molecular weight excluding hydrogens is 422 g/mol. The lowest BCUT2D eigenvalue weighted by molar-refractivity contribution is -0.113. The SMILES string of the molecule is Cc1ccccc1-n1c(SCC(=O)Nc2ccccc2)nc2c(oc3ccccc32)c1=O. The lowest BCUT2D eigenvalue weighted by atomic mass is 10.2. The Hall–Kier alpha value is -3.84. The van der Waals surface area contributed by atoms with Gasteiger partial charge < -0.3 is 9.73 Å². The molecule has 0 aliphatic carbocycles. The van der Waals surface area contributed by atoms with E-state index < -0.39 is 0 Å². The van der Waals surface area contributed by atoms with Crippen LogP contribution in [0.25, 0.3) is 27.8 Å². The van der Waals surface area contributed by atoms with Crippen LogP contribution in [0.2, 0.25) is 0 Å². The van der Waals surface area contributed by atoms with Gasteiger partial charge in [0.15, 0.2) is 5.16 Å². The molecule has 2 heterocycles. The molecule has 0 aliphatic heterocycles. The first kappa shape index (κ1) is 20.1. The predicted octanol–water partition coefficient (Wildman–Crippen LogP) is 5.17. The van der Waals surface area contributed by atoms with Gasteiger partial charge in [0, 0.05) is 11.1 Å². The number of hydrogen-bond donors (Lipinski definition) is 1. The lowest BCUT2D eigenvalue weighted by Crippen LogP contribution is -2.23. The fraction of sp³-hybridized carbons (Fsp3) is 0.0800. The fourth-order valence-electron chi connectivity index (χ4n) is 3.59. The second-order valence-electron chi connectivity index (χ2n) is 7.30. The molecule has 5 aromatic rings. The number of carbonyl (C=O) groups is 1. The number of nitrogens with zero attached hydrogens (tertiary/aromatic N) is 2. The van der Waals surface area contributed by atoms with Crippen LogP contribution in [-0.4, -0.2) is 21.2 Å². The number of hydrogen-bond acceptors (Lipinski definition) is 5. The smallest absolute Gasteiger partial charge is 0.302 e. The van der Waals surface area contributed by atoms with Crippen molar-refractivity contribution >= 4 is 45.4 Å². The summed E-state index contributed by atoms with van der Waals surface area (Å²) in [4.78, 5) is 30.8. The number of carbonyl (C=O) groups excluding carboxylic acids is 1. The average Bonchev–Trinajstić information content (AvgIpc) is 3.18. The quantitative estimate of drug-likeness (QED) is 0.301. The highest BCUT2D eigenvalue weighted by Crippen LogP contribution is 2.29. The van der Waals surface area contributed by atoms with Crippen molar-refractivity contribution in [3.8, 4) is 5.69 Å². The van der Waals surface area contributed by atoms with Gasteiger partial charge in [0.1, 0.15) is 11.1 Å². The predicted molar refractivity (Wildman–Crippen MR) is 128 cm³/mol. The average molecular weight is 442 g/mol. The maximum atomic E-state index is 13.5. The number of furan rings is 1. The van der Waals surface area contributed by atoms with Gasteiger partial charge in [-0.2, -0.15) is 0 Å². The highest BCUT2D eigenvalue weighted by atomic mass is 32.2. The van der Waals surface area contributed by atoms with Crippen LogP contribution in [-0.2, 0) is 4.79 Å². The Kier molecular flexibility index (Phi) is 5.25. The van der Waals surface area contributed by atoms with E-state index in [-0.39, 0.29) is 22.8 Å². The molecule has 1 N–H and O–H groups in total. The zero-order valence-electron chi connectivity index (χ0n) is 17.2. The molecule has 3 aromatic carbocycles. The van der Waals surface area contributed by atoms with Gasteiger partial charge in [-0.05, 0) is 42.8 Å². The first-order valence-electron chi connectivity index (χ1n) is 10.1. The van der Waals surface area contributed by atoms with Gasteiger partial charge >= 0.3 is 5.56 Å². The number of rotatable bonds is 5. The Bertz CT molecular complexity index is 1510. The van der Waals surface area contributed by atoms with Gasteiger partial charge in [-0.25, -0.2) is 4.98 Å². The van der Waals surface area contributed by atoms with E-state index >= 15 is 0 Å². The van der Waals surface area contributed by atoms with E-state index in [9.17, 15) is 9.59 Å². The first-order chi connectivity index (χ1) is 15.6. The summed E-state index contributed by atoms with van der Waals surface area (Å²) in [7, 11) is 0. The van der Waals surface area contributed by atoms with E-state index in [0.29, 0.717) is 21.9 Å². The highest BCUT2D eigenvalue weighted by molar-refractivity contribution is 7.99. The monoisotopic (exact) mass is 441 g/mol. The van der Waals surface area contributed by atoms with Crippen LogP contribution < -0.4 is 10.9 Å². The minimum absolute atomic E-state index is 0.106. The van der Waals surface area contributed by atoms with Crippen LogP contribution in [0.15, 0.2) is 93.2 Å². The summed E-state index contributed by atoms with van der Waals surface area (Å²) in [5.74, 6) is -0.0713. The molecule has 7 heteroatoms. The maximum absolute atomic E-state index is 13.5. The van der Waals surface area contributed by atoms with E-state index in [1.807, 2.05) is 85.8 Å². The number of para-hydroxylation sites is 3. The Morgan fingerprint density at radius 2 is 1.72 bits per heavy atom. The van der Waals surface area contributed by atoms with Gasteiger partial charge in [0.2, 0.25) is 11.5 Å². The molecule has 158 valence electrons. The van der Waals surface area contributed by atoms with Crippen LogP contribution in [0.5, 0.6) is 0 Å². The van der Waals surface area contributed by atoms with Gasteiger partial charge in [-0.1, -0.05) is 60.3 Å². The second kappa shape index (κ2) is 8.36. The zero-order valence-corrected chi connectivity index (χ0v) is 18.1. The molecule has 32 heavy (non-hydrogen) atoms. The summed E-state index contributed by atoms with van der Waals surface area (Å²) >= 11 is 1.22. The molecule has 0 fully saturated rings. The van der Waals surface area contributed by atoms with Crippen molar-refractivity contribution in [1.82, 2.24) is 9.55 Å². The fourth-order valence-corrected chi connectivity index (χ4v) is 4.39. The number of aryl methyl sites for hydroxylation is 1. The second-order valence-corrected chi connectivity index (χ2v) is 8.24. The van der Waals surface area contributed by atoms with E-state index in [1.54, 1.807) is 0 Å². The van der Waals surface area contributed by atoms with Crippen molar-refractivity contribution in [3.63, 3.8) is 0 Å². The topological polar surface area (TPSA) is 77.1 Å². The van der Waals surface area contributed by atoms with E-state index in [1.165, 1.54) is 16.3 Å². The third kappa shape index (κ3) is 3.67. The summed E-state index contributed by atoms with van der Waals surface area (Å²) in [5.41, 5.74) is 3.35. The molecule has 0 aliphatic rings. The molecule has 0 atom stereocenters. The van der Waals surface area contributed by atoms with Gasteiger partial charge in [0.25, 0.3) is 0 Å². The molecule has 0 unspecified atom stereocenters. The van der Waals surface area contributed by atoms with Crippen LogP contribution in [0, 0.1) is 6.92 Å². The van der Waals surface area contributed by atoms with Crippen LogP contribution in [0.3, 0.4) is 0 Å². The van der Waals surface area contributed by atoms with Gasteiger partial charge in [-0.15, -0.1) is 0 Å². The van der Waals surface area contributed by atoms with E-state index in [0.717, 1.165) is 16.6 Å². The molecular formula is C25H19N3O3S. The Morgan fingerprint density at radius 1 is 1.00 bits per heavy atom. The molecule has 0 radical (unpaired) electrons. The highest BCUT2D eigenvalue weighted by Gasteiger charge is 2.20. The van der Waals surface area contributed by atoms with Crippen molar-refractivity contribution in [2.75, 3.05) is 11.1 Å². The summed E-state index contributed by atoms with van der Waals surface area (Å²) in [5, 5.41) is 4.07. The zero-order chi connectivity index (χ0) is 22.1. The van der Waals surface area contributed by atoms with Crippen LogP contribution >= 0.6 is 11.8 Å². The van der Waals surface area contributed by atoms with Crippen LogP contribution in [0.4, 0.5) is 5.69 Å². The lowest BCUT2D eigenvalue weighted by Gasteiger charge is -2.13. The molecule has 0 spiro atoms. The third-order valence-electron chi connectivity index (χ3n) is 5.11. The number of amides is 1. The Morgan fingerprint density at radius 3 is 2.53 bits per heavy atom. The number of fused-ring (bicyclic) bond motifs is 3. The standard InChI is InChI=1S/C25H19N3O3S/c1-16-9-5-7-13-19(16)28-24(30)23-22(18-12-6-8-14-20(18)31-23)27-25(28)32-15-21(29)26-17-10-3-2-4-11-17/h2-14H,15H2,1H3,(H,26,29). The number of nitrogens with one attached hydrogen (secondary N) is 1. The molecule has 0 saturated heterocycles. The summed E-state index contributed by atoms with van der Waals surface area (Å²) < 4.78 is 7.39. The summed E-state index contributed by atoms with van der Waals surface area (Å²) in [6, 6.07) is 24.3. The van der Waals surface area contributed by atoms with Crippen molar-refractivity contribution in [2.45, 2.75) is 12.1 Å². The molecule has 1 amide bonds. The molecule has 6 nitrogen and oxygen atoms in total. The maximum Gasteiger partial charge on any atom is 0.302 e. The van der Waals surface area contributed by atoms with Gasteiger partial charge in [0.05, 0.1) is 11.4 Å². The van der Waals surface area contributed by atoms with Crippen LogP contribution in [0.1, 0.15) is 5.56 Å². The third-order valence-corrected chi connectivity index (χ3v) is 6.05. The molecule has 2 aromatic heterocycles. The largest absolute Gasteiger partial charge is 0.448 e. The van der Waals surface area contributed by atoms with Crippen molar-refractivity contribution in [3.05, 3.63) is 94.8 Å². The first-order valence-corrected chi connectivity index (χ1v) is 11.1. The minimum Gasteiger partial charge on any atom is -0.448 e. The molecule has 0 bridgehead atoms. The van der Waals surface area contributed by atoms with Crippen molar-refractivity contribution in [2.24, 2.45) is 0 Å². The van der Waals surface area contributed by atoms with Crippen molar-refractivity contribution in [1.29, 1.82) is 0 Å². The number of anilines is 1. The van der Waals surface area contributed by atoms with E-state index in [2.05, 4.69) is 5.32 Å². The minimum atomic E-state index is -0.300. The molecule has 0 saturated carbocycles. The Balaban J connectivity index is 1.60. The summed E-state index contributed by atoms with van der Waals surface area (Å²) in [6.45, 7) is 1.93. The van der Waals surface area contributed by atoms with Gasteiger partial charge in [-0.3, -0.25) is 14.2 Å². The number of thioether (sulfide) groups is 1. The number of aromatic nitrogens is 2. The molecule has 5 rings (SSSR count). The van der Waals surface area contributed by atoms with E-state index in [4.69, 9.17) is 9.40 Å². The summed E-state index contributed by atoms with van der Waals surface area (Å²) in [6.07, 6.45) is 0. The number of benzene rings is 3. The Labute approximate surface area is 187 Å². The normalized spacial score (nSPS) is 11.2. The van der Waals surface area contributed by atoms with Crippen molar-refractivity contribution < 1.29 is 9.21 Å².